The minimum atomic E-state index is 0. The summed E-state index contributed by atoms with van der Waals surface area (Å²) in [7, 11) is 0. The number of amides is 1. The average molecular weight is 282 g/mol. The SMILES string of the molecule is CSCCC(=O)NCCCN1CCNCC1.Cl. The summed E-state index contributed by atoms with van der Waals surface area (Å²) in [5.41, 5.74) is 0. The van der Waals surface area contributed by atoms with Crippen LogP contribution in [0.5, 0.6) is 0 Å². The first kappa shape index (κ1) is 17.0. The lowest BCUT2D eigenvalue weighted by Gasteiger charge is -2.27. The topological polar surface area (TPSA) is 44.4 Å². The van der Waals surface area contributed by atoms with E-state index in [0.717, 1.165) is 51.4 Å². The smallest absolute Gasteiger partial charge is 0.220 e. The molecule has 0 aromatic heterocycles. The van der Waals surface area contributed by atoms with Crippen molar-refractivity contribution in [3.63, 3.8) is 0 Å². The summed E-state index contributed by atoms with van der Waals surface area (Å²) in [5, 5.41) is 6.30. The Bertz CT molecular complexity index is 201. The fourth-order valence-electron chi connectivity index (χ4n) is 1.75. The molecule has 6 heteroatoms. The number of carbonyl (C=O) groups excluding carboxylic acids is 1. The van der Waals surface area contributed by atoms with Gasteiger partial charge in [0.05, 0.1) is 0 Å². The molecule has 1 amide bonds. The van der Waals surface area contributed by atoms with Crippen LogP contribution in [0.2, 0.25) is 0 Å². The molecular formula is C11H24ClN3OS. The zero-order valence-corrected chi connectivity index (χ0v) is 12.2. The lowest BCUT2D eigenvalue weighted by Crippen LogP contribution is -2.44. The molecule has 1 aliphatic heterocycles. The number of rotatable bonds is 7. The molecule has 0 unspecified atom stereocenters. The summed E-state index contributed by atoms with van der Waals surface area (Å²) in [5.74, 6) is 1.11. The van der Waals surface area contributed by atoms with Crippen LogP contribution < -0.4 is 10.6 Å². The highest BCUT2D eigenvalue weighted by Gasteiger charge is 2.08. The fourth-order valence-corrected chi connectivity index (χ4v) is 2.14. The Morgan fingerprint density at radius 1 is 1.41 bits per heavy atom. The molecule has 1 heterocycles. The van der Waals surface area contributed by atoms with E-state index in [2.05, 4.69) is 15.5 Å². The molecule has 1 rings (SSSR count). The Hall–Kier alpha value is 0.0300. The minimum absolute atomic E-state index is 0. The number of nitrogens with one attached hydrogen (secondary N) is 2. The second-order valence-electron chi connectivity index (χ2n) is 4.04. The maximum atomic E-state index is 11.3. The number of thioether (sulfide) groups is 1. The lowest BCUT2D eigenvalue weighted by atomic mass is 10.3. The van der Waals surface area contributed by atoms with Crippen molar-refractivity contribution < 1.29 is 4.79 Å². The third-order valence-corrected chi connectivity index (χ3v) is 3.33. The second kappa shape index (κ2) is 11.1. The predicted molar refractivity (Wildman–Crippen MR) is 77.2 cm³/mol. The molecule has 0 aromatic rings. The van der Waals surface area contributed by atoms with Gasteiger partial charge < -0.3 is 15.5 Å². The van der Waals surface area contributed by atoms with Crippen LogP contribution in [-0.2, 0) is 4.79 Å². The van der Waals surface area contributed by atoms with Gasteiger partial charge in [0.1, 0.15) is 0 Å². The molecule has 0 atom stereocenters. The molecule has 0 aromatic carbocycles. The van der Waals surface area contributed by atoms with Crippen molar-refractivity contribution in [3.05, 3.63) is 0 Å². The van der Waals surface area contributed by atoms with Crippen LogP contribution in [0, 0.1) is 0 Å². The molecule has 1 aliphatic rings. The van der Waals surface area contributed by atoms with Gasteiger partial charge in [0.15, 0.2) is 0 Å². The van der Waals surface area contributed by atoms with E-state index < -0.39 is 0 Å². The molecule has 2 N–H and O–H groups in total. The van der Waals surface area contributed by atoms with Gasteiger partial charge in [0.25, 0.3) is 0 Å². The summed E-state index contributed by atoms with van der Waals surface area (Å²) in [4.78, 5) is 13.8. The van der Waals surface area contributed by atoms with Crippen molar-refractivity contribution in [2.45, 2.75) is 12.8 Å². The van der Waals surface area contributed by atoms with Crippen molar-refractivity contribution in [1.82, 2.24) is 15.5 Å². The van der Waals surface area contributed by atoms with E-state index in [0.29, 0.717) is 6.42 Å². The van der Waals surface area contributed by atoms with Crippen LogP contribution in [0.25, 0.3) is 0 Å². The van der Waals surface area contributed by atoms with Gasteiger partial charge >= 0.3 is 0 Å². The highest BCUT2D eigenvalue weighted by Crippen LogP contribution is 1.96. The Labute approximate surface area is 115 Å². The van der Waals surface area contributed by atoms with E-state index in [-0.39, 0.29) is 18.3 Å². The summed E-state index contributed by atoms with van der Waals surface area (Å²) >= 11 is 1.72. The van der Waals surface area contributed by atoms with Crippen molar-refractivity contribution in [2.24, 2.45) is 0 Å². The zero-order valence-electron chi connectivity index (χ0n) is 10.5. The van der Waals surface area contributed by atoms with E-state index in [4.69, 9.17) is 0 Å². The molecule has 4 nitrogen and oxygen atoms in total. The van der Waals surface area contributed by atoms with Crippen molar-refractivity contribution >= 4 is 30.1 Å². The molecule has 0 saturated carbocycles. The number of piperazine rings is 1. The molecule has 0 bridgehead atoms. The number of halogens is 1. The standard InChI is InChI=1S/C11H23N3OS.ClH/c1-16-10-3-11(15)13-4-2-7-14-8-5-12-6-9-14;/h12H,2-10H2,1H3,(H,13,15);1H. The minimum Gasteiger partial charge on any atom is -0.356 e. The van der Waals surface area contributed by atoms with Gasteiger partial charge in [0, 0.05) is 44.9 Å². The molecular weight excluding hydrogens is 258 g/mol. The summed E-state index contributed by atoms with van der Waals surface area (Å²) in [6.45, 7) is 6.39. The Balaban J connectivity index is 0.00000256. The molecule has 0 aliphatic carbocycles. The summed E-state index contributed by atoms with van der Waals surface area (Å²) < 4.78 is 0. The predicted octanol–water partition coefficient (Wildman–Crippen LogP) is 0.573. The van der Waals surface area contributed by atoms with Crippen LogP contribution in [0.4, 0.5) is 0 Å². The normalized spacial score (nSPS) is 16.3. The highest BCUT2D eigenvalue weighted by molar-refractivity contribution is 7.98. The number of nitrogens with zero attached hydrogens (tertiary/aromatic N) is 1. The van der Waals surface area contributed by atoms with Gasteiger partial charge in [-0.15, -0.1) is 12.4 Å². The molecule has 102 valence electrons. The van der Waals surface area contributed by atoms with Crippen molar-refractivity contribution in [1.29, 1.82) is 0 Å². The Morgan fingerprint density at radius 2 is 2.12 bits per heavy atom. The van der Waals surface area contributed by atoms with Crippen LogP contribution in [0.15, 0.2) is 0 Å². The van der Waals surface area contributed by atoms with E-state index in [1.165, 1.54) is 0 Å². The van der Waals surface area contributed by atoms with Crippen LogP contribution >= 0.6 is 24.2 Å². The van der Waals surface area contributed by atoms with Gasteiger partial charge in [-0.05, 0) is 19.2 Å². The van der Waals surface area contributed by atoms with Gasteiger partial charge in [0.2, 0.25) is 5.91 Å². The largest absolute Gasteiger partial charge is 0.356 e. The van der Waals surface area contributed by atoms with E-state index >= 15 is 0 Å². The second-order valence-corrected chi connectivity index (χ2v) is 5.02. The maximum absolute atomic E-state index is 11.3. The Morgan fingerprint density at radius 3 is 2.76 bits per heavy atom. The third-order valence-electron chi connectivity index (χ3n) is 2.72. The number of hydrogen-bond acceptors (Lipinski definition) is 4. The first-order chi connectivity index (χ1) is 7.83. The van der Waals surface area contributed by atoms with Crippen LogP contribution in [-0.4, -0.2) is 62.1 Å². The zero-order chi connectivity index (χ0) is 11.6. The monoisotopic (exact) mass is 281 g/mol. The molecule has 1 saturated heterocycles. The van der Waals surface area contributed by atoms with Gasteiger partial charge in [-0.3, -0.25) is 4.79 Å². The highest BCUT2D eigenvalue weighted by atomic mass is 35.5. The van der Waals surface area contributed by atoms with Gasteiger partial charge in [-0.25, -0.2) is 0 Å². The average Bonchev–Trinajstić information content (AvgIpc) is 2.33. The summed E-state index contributed by atoms with van der Waals surface area (Å²) in [6.07, 6.45) is 3.73. The maximum Gasteiger partial charge on any atom is 0.220 e. The summed E-state index contributed by atoms with van der Waals surface area (Å²) in [6, 6.07) is 0. The van der Waals surface area contributed by atoms with Gasteiger partial charge in [-0.1, -0.05) is 0 Å². The number of carbonyl (C=O) groups is 1. The van der Waals surface area contributed by atoms with Crippen LogP contribution in [0.3, 0.4) is 0 Å². The van der Waals surface area contributed by atoms with Crippen molar-refractivity contribution in [2.75, 3.05) is 51.3 Å². The molecule has 1 fully saturated rings. The first-order valence-electron chi connectivity index (χ1n) is 6.01. The first-order valence-corrected chi connectivity index (χ1v) is 7.41. The lowest BCUT2D eigenvalue weighted by molar-refractivity contribution is -0.120. The third kappa shape index (κ3) is 8.71. The molecule has 0 spiro atoms. The number of hydrogen-bond donors (Lipinski definition) is 2. The Kier molecular flexibility index (Phi) is 11.2. The van der Waals surface area contributed by atoms with Crippen LogP contribution in [0.1, 0.15) is 12.8 Å². The van der Waals surface area contributed by atoms with Crippen molar-refractivity contribution in [3.8, 4) is 0 Å². The van der Waals surface area contributed by atoms with Gasteiger partial charge in [-0.2, -0.15) is 11.8 Å². The van der Waals surface area contributed by atoms with E-state index in [1.807, 2.05) is 6.26 Å². The quantitative estimate of drug-likeness (QED) is 0.670. The van der Waals surface area contributed by atoms with E-state index in [9.17, 15) is 4.79 Å². The fraction of sp³-hybridized carbons (Fsp3) is 0.909. The molecule has 17 heavy (non-hydrogen) atoms. The van der Waals surface area contributed by atoms with E-state index in [1.54, 1.807) is 11.8 Å². The molecule has 0 radical (unpaired) electrons.